The predicted molar refractivity (Wildman–Crippen MR) is 112 cm³/mol. The molecule has 0 aliphatic rings. The maximum absolute atomic E-state index is 13.3. The number of hydrogen-bond donors (Lipinski definition) is 2. The number of hydrogen-bond acceptors (Lipinski definition) is 3. The van der Waals surface area contributed by atoms with Crippen molar-refractivity contribution in [3.8, 4) is 22.5 Å². The van der Waals surface area contributed by atoms with E-state index in [0.717, 1.165) is 5.56 Å². The minimum absolute atomic E-state index is 0.00875. The second-order valence-electron chi connectivity index (χ2n) is 6.60. The predicted octanol–water partition coefficient (Wildman–Crippen LogP) is 5.62. The number of halogens is 2. The Hall–Kier alpha value is -3.64. The van der Waals surface area contributed by atoms with Crippen molar-refractivity contribution in [1.82, 2.24) is 5.32 Å². The molecule has 0 spiro atoms. The Kier molecular flexibility index (Phi) is 5.01. The second-order valence-corrected chi connectivity index (χ2v) is 7.01. The first kappa shape index (κ1) is 19.7. The van der Waals surface area contributed by atoms with E-state index in [4.69, 9.17) is 21.1 Å². The molecule has 0 saturated heterocycles. The Morgan fingerprint density at radius 2 is 1.60 bits per heavy atom. The molecule has 4 rings (SSSR count). The highest BCUT2D eigenvalue weighted by Crippen LogP contribution is 2.36. The van der Waals surface area contributed by atoms with Crippen LogP contribution in [0, 0.1) is 5.82 Å². The van der Waals surface area contributed by atoms with Crippen LogP contribution in [0.25, 0.3) is 33.4 Å². The molecule has 0 fully saturated rings. The van der Waals surface area contributed by atoms with E-state index in [2.05, 4.69) is 5.32 Å². The van der Waals surface area contributed by atoms with Crippen molar-refractivity contribution in [3.63, 3.8) is 0 Å². The van der Waals surface area contributed by atoms with Gasteiger partial charge in [-0.1, -0.05) is 23.7 Å². The molecule has 0 bridgehead atoms. The van der Waals surface area contributed by atoms with Crippen molar-refractivity contribution in [2.24, 2.45) is 0 Å². The zero-order valence-corrected chi connectivity index (χ0v) is 16.5. The number of aromatic carboxylic acids is 1. The van der Waals surface area contributed by atoms with Gasteiger partial charge in [0.25, 0.3) is 5.91 Å². The molecule has 2 N–H and O–H groups in total. The molecule has 7 heteroatoms. The average Bonchev–Trinajstić information content (AvgIpc) is 3.12. The van der Waals surface area contributed by atoms with Crippen molar-refractivity contribution < 1.29 is 23.5 Å². The molecule has 0 atom stereocenters. The number of amides is 1. The van der Waals surface area contributed by atoms with Crippen molar-refractivity contribution >= 4 is 34.4 Å². The highest BCUT2D eigenvalue weighted by Gasteiger charge is 2.22. The van der Waals surface area contributed by atoms with Crippen molar-refractivity contribution in [2.75, 3.05) is 7.05 Å². The highest BCUT2D eigenvalue weighted by molar-refractivity contribution is 6.33. The topological polar surface area (TPSA) is 79.5 Å². The summed E-state index contributed by atoms with van der Waals surface area (Å²) in [6, 6.07) is 15.6. The molecule has 1 heterocycles. The number of furan rings is 1. The largest absolute Gasteiger partial charge is 0.478 e. The molecule has 0 unspecified atom stereocenters. The van der Waals surface area contributed by atoms with E-state index in [0.29, 0.717) is 33.4 Å². The van der Waals surface area contributed by atoms with E-state index in [1.165, 1.54) is 25.2 Å². The van der Waals surface area contributed by atoms with Gasteiger partial charge in [0.1, 0.15) is 17.2 Å². The Balaban J connectivity index is 1.90. The zero-order valence-electron chi connectivity index (χ0n) is 15.7. The quantitative estimate of drug-likeness (QED) is 0.446. The molecule has 3 aromatic carbocycles. The first-order valence-corrected chi connectivity index (χ1v) is 9.34. The Labute approximate surface area is 175 Å². The summed E-state index contributed by atoms with van der Waals surface area (Å²) in [4.78, 5) is 23.8. The van der Waals surface area contributed by atoms with Gasteiger partial charge in [-0.25, -0.2) is 9.18 Å². The zero-order chi connectivity index (χ0) is 21.4. The number of carboxylic acid groups (broad SMARTS) is 1. The van der Waals surface area contributed by atoms with Gasteiger partial charge in [-0.05, 0) is 59.7 Å². The maximum Gasteiger partial charge on any atom is 0.337 e. The Morgan fingerprint density at radius 3 is 2.23 bits per heavy atom. The molecule has 30 heavy (non-hydrogen) atoms. The normalized spacial score (nSPS) is 10.9. The number of carbonyl (C=O) groups excluding carboxylic acids is 1. The van der Waals surface area contributed by atoms with Gasteiger partial charge in [-0.2, -0.15) is 0 Å². The van der Waals surface area contributed by atoms with E-state index in [1.54, 1.807) is 42.5 Å². The van der Waals surface area contributed by atoms with Crippen LogP contribution in [-0.4, -0.2) is 24.0 Å². The van der Waals surface area contributed by atoms with E-state index < -0.39 is 5.97 Å². The summed E-state index contributed by atoms with van der Waals surface area (Å²) in [5, 5.41) is 12.5. The lowest BCUT2D eigenvalue weighted by atomic mass is 9.99. The lowest BCUT2D eigenvalue weighted by Gasteiger charge is -2.06. The van der Waals surface area contributed by atoms with Crippen molar-refractivity contribution in [1.29, 1.82) is 0 Å². The molecule has 150 valence electrons. The summed E-state index contributed by atoms with van der Waals surface area (Å²) in [5.74, 6) is -1.51. The lowest BCUT2D eigenvalue weighted by Crippen LogP contribution is -2.18. The minimum Gasteiger partial charge on any atom is -0.478 e. The molecule has 1 amide bonds. The average molecular weight is 424 g/mol. The summed E-state index contributed by atoms with van der Waals surface area (Å²) in [5.41, 5.74) is 2.83. The maximum atomic E-state index is 13.3. The number of rotatable bonds is 4. The van der Waals surface area contributed by atoms with Gasteiger partial charge in [0.05, 0.1) is 16.1 Å². The molecule has 5 nitrogen and oxygen atoms in total. The van der Waals surface area contributed by atoms with Crippen LogP contribution in [-0.2, 0) is 0 Å². The molecule has 4 aromatic rings. The van der Waals surface area contributed by atoms with Crippen LogP contribution in [0.4, 0.5) is 4.39 Å². The number of carboxylic acids is 1. The summed E-state index contributed by atoms with van der Waals surface area (Å²) in [7, 11) is 1.52. The van der Waals surface area contributed by atoms with Gasteiger partial charge < -0.3 is 14.8 Å². The van der Waals surface area contributed by atoms with Gasteiger partial charge >= 0.3 is 5.97 Å². The first-order valence-electron chi connectivity index (χ1n) is 8.97. The van der Waals surface area contributed by atoms with Gasteiger partial charge in [0.15, 0.2) is 0 Å². The van der Waals surface area contributed by atoms with Crippen LogP contribution in [0.3, 0.4) is 0 Å². The molecule has 0 radical (unpaired) electrons. The van der Waals surface area contributed by atoms with E-state index in [1.807, 2.05) is 0 Å². The fourth-order valence-corrected chi connectivity index (χ4v) is 3.56. The minimum atomic E-state index is -1.11. The van der Waals surface area contributed by atoms with Crippen LogP contribution in [0.15, 0.2) is 65.1 Å². The number of carbonyl (C=O) groups is 2. The van der Waals surface area contributed by atoms with Crippen LogP contribution in [0.1, 0.15) is 20.7 Å². The third kappa shape index (κ3) is 3.42. The number of benzene rings is 3. The van der Waals surface area contributed by atoms with E-state index in [-0.39, 0.29) is 22.3 Å². The number of nitrogens with one attached hydrogen (secondary N) is 1. The Morgan fingerprint density at radius 1 is 0.967 bits per heavy atom. The van der Waals surface area contributed by atoms with Crippen molar-refractivity contribution in [3.05, 3.63) is 82.6 Å². The van der Waals surface area contributed by atoms with Crippen molar-refractivity contribution in [2.45, 2.75) is 0 Å². The van der Waals surface area contributed by atoms with Crippen LogP contribution >= 0.6 is 11.6 Å². The molecular formula is C23H15ClFNO4. The fourth-order valence-electron chi connectivity index (χ4n) is 3.30. The van der Waals surface area contributed by atoms with Gasteiger partial charge in [-0.3, -0.25) is 4.79 Å². The lowest BCUT2D eigenvalue weighted by molar-refractivity contribution is 0.0696. The van der Waals surface area contributed by atoms with E-state index >= 15 is 0 Å². The summed E-state index contributed by atoms with van der Waals surface area (Å²) in [6.45, 7) is 0. The van der Waals surface area contributed by atoms with E-state index in [9.17, 15) is 14.0 Å². The molecule has 0 aliphatic carbocycles. The third-order valence-corrected chi connectivity index (χ3v) is 5.09. The SMILES string of the molecule is CNC(=O)c1c(-c2ccc(F)cc2)oc2ccc(-c3ccc(C(=O)O)c(Cl)c3)cc12. The third-order valence-electron chi connectivity index (χ3n) is 4.78. The number of fused-ring (bicyclic) bond motifs is 1. The standard InChI is InChI=1S/C23H15ClFNO4/c1-26-22(27)20-17-10-13(14-4-8-16(23(28)29)18(24)11-14)5-9-19(17)30-21(20)12-2-6-15(25)7-3-12/h2-11H,1H3,(H,26,27)(H,28,29). The van der Waals surface area contributed by atoms with Gasteiger partial charge in [0, 0.05) is 18.0 Å². The summed E-state index contributed by atoms with van der Waals surface area (Å²) >= 11 is 6.10. The van der Waals surface area contributed by atoms with Crippen LogP contribution in [0.2, 0.25) is 5.02 Å². The fraction of sp³-hybridized carbons (Fsp3) is 0.0435. The molecule has 0 saturated carbocycles. The van der Waals surface area contributed by atoms with Gasteiger partial charge in [-0.15, -0.1) is 0 Å². The first-order chi connectivity index (χ1) is 14.4. The molecular weight excluding hydrogens is 409 g/mol. The van der Waals surface area contributed by atoms with Gasteiger partial charge in [0.2, 0.25) is 0 Å². The Bertz CT molecular complexity index is 1290. The monoisotopic (exact) mass is 423 g/mol. The second kappa shape index (κ2) is 7.65. The van der Waals surface area contributed by atoms with Crippen LogP contribution in [0.5, 0.6) is 0 Å². The molecule has 1 aromatic heterocycles. The highest BCUT2D eigenvalue weighted by atomic mass is 35.5. The summed E-state index contributed by atoms with van der Waals surface area (Å²) in [6.07, 6.45) is 0. The smallest absolute Gasteiger partial charge is 0.337 e. The summed E-state index contributed by atoms with van der Waals surface area (Å²) < 4.78 is 19.3. The van der Waals surface area contributed by atoms with Crippen LogP contribution < -0.4 is 5.32 Å². The molecule has 0 aliphatic heterocycles.